The van der Waals surface area contributed by atoms with Gasteiger partial charge in [-0.3, -0.25) is 0 Å². The number of hydrogen-bond donors (Lipinski definition) is 1. The smallest absolute Gasteiger partial charge is 0.398 e. The van der Waals surface area contributed by atoms with Crippen LogP contribution in [0.15, 0.2) is 5.38 Å². The molecule has 2 rings (SSSR count). The summed E-state index contributed by atoms with van der Waals surface area (Å²) in [5.74, 6) is 0. The molecule has 0 saturated carbocycles. The topological polar surface area (TPSA) is 83.7 Å². The van der Waals surface area contributed by atoms with Gasteiger partial charge in [0.15, 0.2) is 0 Å². The summed E-state index contributed by atoms with van der Waals surface area (Å²) >= 11 is 1.17. The molecular weight excluding hydrogens is 255 g/mol. The molecule has 1 aliphatic rings. The van der Waals surface area contributed by atoms with Gasteiger partial charge in [0.05, 0.1) is 16.8 Å². The van der Waals surface area contributed by atoms with E-state index < -0.39 is 24.4 Å². The predicted octanol–water partition coefficient (Wildman–Crippen LogP) is 0.900. The summed E-state index contributed by atoms with van der Waals surface area (Å²) in [6, 6.07) is 0. The Morgan fingerprint density at radius 2 is 1.94 bits per heavy atom. The van der Waals surface area contributed by atoms with E-state index >= 15 is 0 Å². The van der Waals surface area contributed by atoms with Gasteiger partial charge < -0.3 is 19.8 Å². The van der Waals surface area contributed by atoms with Gasteiger partial charge in [0.1, 0.15) is 0 Å². The summed E-state index contributed by atoms with van der Waals surface area (Å²) < 4.78 is 16.3. The second kappa shape index (κ2) is 4.22. The van der Waals surface area contributed by atoms with E-state index in [4.69, 9.17) is 19.8 Å². The van der Waals surface area contributed by atoms with Crippen LogP contribution in [0.2, 0.25) is 0 Å². The van der Waals surface area contributed by atoms with Crippen LogP contribution in [0.25, 0.3) is 0 Å². The van der Waals surface area contributed by atoms with Crippen LogP contribution in [-0.2, 0) is 9.31 Å². The number of nitrogens with two attached hydrogens (primary N) is 1. The van der Waals surface area contributed by atoms with Crippen molar-refractivity contribution < 1.29 is 18.8 Å². The van der Waals surface area contributed by atoms with E-state index in [-0.39, 0.29) is 5.19 Å². The SMILES string of the molecule is CC1(C)OB(c2csc(OC(N)=O)n2)OC1(C)C. The van der Waals surface area contributed by atoms with Crippen molar-refractivity contribution in [2.45, 2.75) is 38.9 Å². The van der Waals surface area contributed by atoms with Crippen LogP contribution in [-0.4, -0.2) is 29.4 Å². The molecule has 6 nitrogen and oxygen atoms in total. The maximum absolute atomic E-state index is 10.6. The lowest BCUT2D eigenvalue weighted by Crippen LogP contribution is -2.41. The molecule has 2 N–H and O–H groups in total. The third-order valence-corrected chi connectivity index (χ3v) is 3.92. The highest BCUT2D eigenvalue weighted by Gasteiger charge is 2.52. The quantitative estimate of drug-likeness (QED) is 0.807. The number of hydrogen-bond acceptors (Lipinski definition) is 6. The minimum atomic E-state index is -0.884. The van der Waals surface area contributed by atoms with Gasteiger partial charge in [0.2, 0.25) is 0 Å². The number of amides is 1. The first-order chi connectivity index (χ1) is 8.21. The van der Waals surface area contributed by atoms with Crippen LogP contribution >= 0.6 is 11.3 Å². The Labute approximate surface area is 110 Å². The Kier molecular flexibility index (Phi) is 3.12. The fourth-order valence-corrected chi connectivity index (χ4v) is 2.15. The third-order valence-electron chi connectivity index (χ3n) is 3.18. The minimum Gasteiger partial charge on any atom is -0.398 e. The zero-order chi connectivity index (χ0) is 13.6. The largest absolute Gasteiger partial charge is 0.515 e. The molecule has 98 valence electrons. The zero-order valence-corrected chi connectivity index (χ0v) is 11.5. The van der Waals surface area contributed by atoms with Crippen molar-refractivity contribution in [1.82, 2.24) is 4.98 Å². The molecule has 0 atom stereocenters. The van der Waals surface area contributed by atoms with Crippen molar-refractivity contribution in [3.8, 4) is 5.19 Å². The maximum atomic E-state index is 10.6. The number of ether oxygens (including phenoxy) is 1. The van der Waals surface area contributed by atoms with E-state index in [1.54, 1.807) is 5.38 Å². The fourth-order valence-electron chi connectivity index (χ4n) is 1.47. The van der Waals surface area contributed by atoms with Crippen molar-refractivity contribution in [2.24, 2.45) is 5.73 Å². The molecule has 2 heterocycles. The minimum absolute atomic E-state index is 0.187. The third kappa shape index (κ3) is 2.36. The Morgan fingerprint density at radius 3 is 2.44 bits per heavy atom. The van der Waals surface area contributed by atoms with E-state index in [1.165, 1.54) is 11.3 Å². The molecule has 1 aromatic rings. The van der Waals surface area contributed by atoms with Crippen LogP contribution in [0.1, 0.15) is 27.7 Å². The number of nitrogens with zero attached hydrogens (tertiary/aromatic N) is 1. The summed E-state index contributed by atoms with van der Waals surface area (Å²) in [5.41, 5.74) is 4.65. The summed E-state index contributed by atoms with van der Waals surface area (Å²) in [7, 11) is -0.559. The first kappa shape index (κ1) is 13.3. The predicted molar refractivity (Wildman–Crippen MR) is 68.0 cm³/mol. The van der Waals surface area contributed by atoms with Gasteiger partial charge in [-0.25, -0.2) is 9.78 Å². The van der Waals surface area contributed by atoms with Crippen molar-refractivity contribution in [3.63, 3.8) is 0 Å². The molecule has 0 spiro atoms. The van der Waals surface area contributed by atoms with Gasteiger partial charge in [0, 0.05) is 5.38 Å². The maximum Gasteiger partial charge on any atom is 0.515 e. The average Bonchev–Trinajstić information content (AvgIpc) is 2.70. The number of rotatable bonds is 2. The van der Waals surface area contributed by atoms with Gasteiger partial charge in [-0.1, -0.05) is 11.3 Å². The molecule has 0 aliphatic carbocycles. The van der Waals surface area contributed by atoms with E-state index in [0.29, 0.717) is 5.59 Å². The van der Waals surface area contributed by atoms with Crippen LogP contribution < -0.4 is 16.1 Å². The molecule has 0 bridgehead atoms. The van der Waals surface area contributed by atoms with Gasteiger partial charge in [0.25, 0.3) is 5.19 Å². The van der Waals surface area contributed by atoms with Crippen molar-refractivity contribution in [1.29, 1.82) is 0 Å². The van der Waals surface area contributed by atoms with Crippen LogP contribution in [0.5, 0.6) is 5.19 Å². The summed E-state index contributed by atoms with van der Waals surface area (Å²) in [6.45, 7) is 7.83. The summed E-state index contributed by atoms with van der Waals surface area (Å²) in [5, 5.41) is 1.91. The Bertz CT molecular complexity index is 458. The zero-order valence-electron chi connectivity index (χ0n) is 10.7. The normalized spacial score (nSPS) is 21.0. The molecule has 1 fully saturated rings. The van der Waals surface area contributed by atoms with Crippen molar-refractivity contribution in [3.05, 3.63) is 5.38 Å². The number of thiazole rings is 1. The first-order valence-corrected chi connectivity index (χ1v) is 6.37. The summed E-state index contributed by atoms with van der Waals surface area (Å²) in [4.78, 5) is 14.7. The van der Waals surface area contributed by atoms with E-state index in [2.05, 4.69) is 4.98 Å². The molecule has 0 radical (unpaired) electrons. The number of carbonyl (C=O) groups is 1. The Morgan fingerprint density at radius 1 is 1.39 bits per heavy atom. The second-order valence-electron chi connectivity index (χ2n) is 5.05. The van der Waals surface area contributed by atoms with E-state index in [0.717, 1.165) is 0 Å². The number of aromatic nitrogens is 1. The average molecular weight is 270 g/mol. The molecule has 1 saturated heterocycles. The Hall–Kier alpha value is -1.12. The molecule has 0 unspecified atom stereocenters. The molecular formula is C10H15BN2O4S. The highest BCUT2D eigenvalue weighted by molar-refractivity contribution is 7.12. The lowest BCUT2D eigenvalue weighted by molar-refractivity contribution is 0.00578. The van der Waals surface area contributed by atoms with Crippen LogP contribution in [0, 0.1) is 0 Å². The number of carbonyl (C=O) groups excluding carboxylic acids is 1. The molecule has 8 heteroatoms. The number of primary amides is 1. The molecule has 0 aromatic carbocycles. The highest BCUT2D eigenvalue weighted by atomic mass is 32.1. The Balaban J connectivity index is 2.15. The van der Waals surface area contributed by atoms with E-state index in [1.807, 2.05) is 27.7 Å². The molecule has 1 aliphatic heterocycles. The standard InChI is InChI=1S/C10H15BN2O4S/c1-9(2)10(3,4)17-11(16-9)6-5-18-8(13-6)15-7(12)14/h5H,1-4H3,(H2,12,14). The molecule has 18 heavy (non-hydrogen) atoms. The molecule has 1 aromatic heterocycles. The van der Waals surface area contributed by atoms with E-state index in [9.17, 15) is 4.79 Å². The van der Waals surface area contributed by atoms with Gasteiger partial charge in [-0.15, -0.1) is 0 Å². The van der Waals surface area contributed by atoms with Crippen LogP contribution in [0.3, 0.4) is 0 Å². The fraction of sp³-hybridized carbons (Fsp3) is 0.600. The van der Waals surface area contributed by atoms with Crippen molar-refractivity contribution >= 4 is 30.1 Å². The van der Waals surface area contributed by atoms with Gasteiger partial charge in [-0.2, -0.15) is 0 Å². The van der Waals surface area contributed by atoms with Gasteiger partial charge in [-0.05, 0) is 27.7 Å². The van der Waals surface area contributed by atoms with Crippen LogP contribution in [0.4, 0.5) is 4.79 Å². The molecule has 1 amide bonds. The lowest BCUT2D eigenvalue weighted by Gasteiger charge is -2.32. The second-order valence-corrected chi connectivity index (χ2v) is 5.87. The van der Waals surface area contributed by atoms with Crippen molar-refractivity contribution in [2.75, 3.05) is 0 Å². The summed E-state index contributed by atoms with van der Waals surface area (Å²) in [6.07, 6.45) is -0.884. The monoisotopic (exact) mass is 270 g/mol. The highest BCUT2D eigenvalue weighted by Crippen LogP contribution is 2.36. The van der Waals surface area contributed by atoms with Gasteiger partial charge >= 0.3 is 13.2 Å². The lowest BCUT2D eigenvalue weighted by atomic mass is 9.86. The first-order valence-electron chi connectivity index (χ1n) is 5.50.